The standard InChI is InChI=1S/C20H23FN2O2/c1-4-23(13-16-6-5-7-18(21)11-16)19(24)12-22-20(25)17-9-14(2)8-15(3)10-17/h5-11H,4,12-13H2,1-3H3,(H,22,25). The first kappa shape index (κ1) is 18.6. The van der Waals surface area contributed by atoms with Crippen molar-refractivity contribution in [2.75, 3.05) is 13.1 Å². The third kappa shape index (κ3) is 5.41. The Labute approximate surface area is 147 Å². The predicted octanol–water partition coefficient (Wildman–Crippen LogP) is 3.22. The second-order valence-electron chi connectivity index (χ2n) is 6.10. The molecule has 4 nitrogen and oxygen atoms in total. The van der Waals surface area contributed by atoms with Gasteiger partial charge >= 0.3 is 0 Å². The molecule has 0 saturated heterocycles. The topological polar surface area (TPSA) is 49.4 Å². The lowest BCUT2D eigenvalue weighted by Crippen LogP contribution is -2.39. The Morgan fingerprint density at radius 2 is 1.76 bits per heavy atom. The number of hydrogen-bond donors (Lipinski definition) is 1. The van der Waals surface area contributed by atoms with Crippen LogP contribution in [-0.2, 0) is 11.3 Å². The van der Waals surface area contributed by atoms with Crippen LogP contribution in [-0.4, -0.2) is 29.8 Å². The maximum absolute atomic E-state index is 13.3. The molecule has 0 radical (unpaired) electrons. The van der Waals surface area contributed by atoms with Crippen molar-refractivity contribution in [1.29, 1.82) is 0 Å². The summed E-state index contributed by atoms with van der Waals surface area (Å²) in [5.41, 5.74) is 3.25. The van der Waals surface area contributed by atoms with Gasteiger partial charge in [-0.25, -0.2) is 4.39 Å². The summed E-state index contributed by atoms with van der Waals surface area (Å²) >= 11 is 0. The number of hydrogen-bond acceptors (Lipinski definition) is 2. The van der Waals surface area contributed by atoms with E-state index in [1.807, 2.05) is 26.8 Å². The summed E-state index contributed by atoms with van der Waals surface area (Å²) in [7, 11) is 0. The highest BCUT2D eigenvalue weighted by molar-refractivity contribution is 5.96. The molecule has 0 unspecified atom stereocenters. The molecule has 0 spiro atoms. The molecule has 0 aliphatic carbocycles. The van der Waals surface area contributed by atoms with Crippen LogP contribution in [0.15, 0.2) is 42.5 Å². The van der Waals surface area contributed by atoms with E-state index in [1.165, 1.54) is 12.1 Å². The Balaban J connectivity index is 1.96. The van der Waals surface area contributed by atoms with Crippen LogP contribution in [0.4, 0.5) is 4.39 Å². The van der Waals surface area contributed by atoms with Crippen molar-refractivity contribution in [3.63, 3.8) is 0 Å². The molecule has 0 saturated carbocycles. The molecule has 1 N–H and O–H groups in total. The van der Waals surface area contributed by atoms with E-state index in [4.69, 9.17) is 0 Å². The predicted molar refractivity (Wildman–Crippen MR) is 95.7 cm³/mol. The number of halogens is 1. The Morgan fingerprint density at radius 3 is 2.36 bits per heavy atom. The monoisotopic (exact) mass is 342 g/mol. The second kappa shape index (κ2) is 8.42. The van der Waals surface area contributed by atoms with Crippen LogP contribution < -0.4 is 5.32 Å². The molecule has 25 heavy (non-hydrogen) atoms. The van der Waals surface area contributed by atoms with Gasteiger partial charge in [0.05, 0.1) is 6.54 Å². The van der Waals surface area contributed by atoms with Crippen molar-refractivity contribution in [3.8, 4) is 0 Å². The second-order valence-corrected chi connectivity index (χ2v) is 6.10. The average molecular weight is 342 g/mol. The lowest BCUT2D eigenvalue weighted by molar-refractivity contribution is -0.130. The van der Waals surface area contributed by atoms with Crippen LogP contribution in [0, 0.1) is 19.7 Å². The highest BCUT2D eigenvalue weighted by atomic mass is 19.1. The van der Waals surface area contributed by atoms with Gasteiger partial charge in [0, 0.05) is 18.7 Å². The van der Waals surface area contributed by atoms with Gasteiger partial charge in [-0.3, -0.25) is 9.59 Å². The minimum absolute atomic E-state index is 0.0883. The van der Waals surface area contributed by atoms with E-state index in [9.17, 15) is 14.0 Å². The number of likely N-dealkylation sites (N-methyl/N-ethyl adjacent to an activating group) is 1. The van der Waals surface area contributed by atoms with Crippen LogP contribution in [0.3, 0.4) is 0 Å². The fourth-order valence-electron chi connectivity index (χ4n) is 2.71. The van der Waals surface area contributed by atoms with Gasteiger partial charge in [-0.05, 0) is 50.6 Å². The molecule has 0 aliphatic heterocycles. The maximum atomic E-state index is 13.3. The fraction of sp³-hybridized carbons (Fsp3) is 0.300. The molecule has 0 heterocycles. The van der Waals surface area contributed by atoms with Gasteiger partial charge in [0.15, 0.2) is 0 Å². The van der Waals surface area contributed by atoms with Gasteiger partial charge < -0.3 is 10.2 Å². The number of carbonyl (C=O) groups excluding carboxylic acids is 2. The van der Waals surface area contributed by atoms with Crippen LogP contribution in [0.2, 0.25) is 0 Å². The van der Waals surface area contributed by atoms with E-state index in [2.05, 4.69) is 5.32 Å². The largest absolute Gasteiger partial charge is 0.343 e. The highest BCUT2D eigenvalue weighted by Crippen LogP contribution is 2.09. The number of nitrogens with one attached hydrogen (secondary N) is 1. The molecule has 2 amide bonds. The first-order valence-electron chi connectivity index (χ1n) is 8.27. The zero-order valence-corrected chi connectivity index (χ0v) is 14.8. The summed E-state index contributed by atoms with van der Waals surface area (Å²) in [5.74, 6) is -0.810. The number of rotatable bonds is 6. The molecule has 2 aromatic carbocycles. The Bertz CT molecular complexity index is 754. The quantitative estimate of drug-likeness (QED) is 0.876. The minimum Gasteiger partial charge on any atom is -0.343 e. The van der Waals surface area contributed by atoms with Crippen LogP contribution >= 0.6 is 0 Å². The zero-order chi connectivity index (χ0) is 18.4. The molecule has 2 rings (SSSR count). The summed E-state index contributed by atoms with van der Waals surface area (Å²) in [5, 5.41) is 2.66. The molecule has 0 aromatic heterocycles. The van der Waals surface area contributed by atoms with Crippen molar-refractivity contribution >= 4 is 11.8 Å². The summed E-state index contributed by atoms with van der Waals surface area (Å²) in [6, 6.07) is 11.7. The van der Waals surface area contributed by atoms with E-state index in [0.29, 0.717) is 18.7 Å². The van der Waals surface area contributed by atoms with Crippen molar-refractivity contribution in [2.24, 2.45) is 0 Å². The van der Waals surface area contributed by atoms with Crippen molar-refractivity contribution in [1.82, 2.24) is 10.2 Å². The molecule has 0 aliphatic rings. The van der Waals surface area contributed by atoms with Gasteiger partial charge in [0.2, 0.25) is 5.91 Å². The van der Waals surface area contributed by atoms with E-state index in [-0.39, 0.29) is 24.2 Å². The smallest absolute Gasteiger partial charge is 0.251 e. The number of aryl methyl sites for hydroxylation is 2. The van der Waals surface area contributed by atoms with Crippen LogP contribution in [0.1, 0.15) is 34.0 Å². The van der Waals surface area contributed by atoms with Gasteiger partial charge in [-0.2, -0.15) is 0 Å². The number of nitrogens with zero attached hydrogens (tertiary/aromatic N) is 1. The minimum atomic E-state index is -0.330. The number of benzene rings is 2. The lowest BCUT2D eigenvalue weighted by Gasteiger charge is -2.21. The van der Waals surface area contributed by atoms with Gasteiger partial charge in [-0.1, -0.05) is 29.3 Å². The van der Waals surface area contributed by atoms with Gasteiger partial charge in [-0.15, -0.1) is 0 Å². The van der Waals surface area contributed by atoms with Crippen LogP contribution in [0.25, 0.3) is 0 Å². The van der Waals surface area contributed by atoms with Crippen molar-refractivity contribution in [2.45, 2.75) is 27.3 Å². The Kier molecular flexibility index (Phi) is 6.28. The number of carbonyl (C=O) groups is 2. The van der Waals surface area contributed by atoms with Gasteiger partial charge in [0.25, 0.3) is 5.91 Å². The average Bonchev–Trinajstić information content (AvgIpc) is 2.56. The number of amides is 2. The molecule has 2 aromatic rings. The summed E-state index contributed by atoms with van der Waals surface area (Å²) in [6.45, 7) is 6.40. The molecule has 0 atom stereocenters. The Hall–Kier alpha value is -2.69. The fourth-order valence-corrected chi connectivity index (χ4v) is 2.71. The first-order chi connectivity index (χ1) is 11.9. The molecular formula is C20H23FN2O2. The summed E-state index contributed by atoms with van der Waals surface area (Å²) in [4.78, 5) is 26.2. The molecular weight excluding hydrogens is 319 g/mol. The highest BCUT2D eigenvalue weighted by Gasteiger charge is 2.14. The van der Waals surface area contributed by atoms with Crippen molar-refractivity contribution in [3.05, 3.63) is 70.5 Å². The lowest BCUT2D eigenvalue weighted by atomic mass is 10.1. The third-order valence-electron chi connectivity index (χ3n) is 3.88. The SMILES string of the molecule is CCN(Cc1cccc(F)c1)C(=O)CNC(=O)c1cc(C)cc(C)c1. The zero-order valence-electron chi connectivity index (χ0n) is 14.8. The van der Waals surface area contributed by atoms with E-state index >= 15 is 0 Å². The molecule has 0 fully saturated rings. The normalized spacial score (nSPS) is 10.4. The van der Waals surface area contributed by atoms with E-state index in [0.717, 1.165) is 16.7 Å². The molecule has 0 bridgehead atoms. The van der Waals surface area contributed by atoms with E-state index in [1.54, 1.807) is 29.2 Å². The molecule has 5 heteroatoms. The summed E-state index contributed by atoms with van der Waals surface area (Å²) < 4.78 is 13.3. The maximum Gasteiger partial charge on any atom is 0.251 e. The van der Waals surface area contributed by atoms with E-state index < -0.39 is 0 Å². The third-order valence-corrected chi connectivity index (χ3v) is 3.88. The Morgan fingerprint density at radius 1 is 1.08 bits per heavy atom. The summed E-state index contributed by atoms with van der Waals surface area (Å²) in [6.07, 6.45) is 0. The van der Waals surface area contributed by atoms with Crippen LogP contribution in [0.5, 0.6) is 0 Å². The van der Waals surface area contributed by atoms with Crippen molar-refractivity contribution < 1.29 is 14.0 Å². The first-order valence-corrected chi connectivity index (χ1v) is 8.27. The molecule has 132 valence electrons. The van der Waals surface area contributed by atoms with Gasteiger partial charge in [0.1, 0.15) is 5.82 Å².